The fraction of sp³-hybridized carbons (Fsp3) is 0.769. The second-order valence-electron chi connectivity index (χ2n) is 5.47. The number of likely N-dealkylation sites (tertiary alicyclic amines) is 1. The molecule has 1 aliphatic heterocycles. The molecule has 1 amide bonds. The van der Waals surface area contributed by atoms with E-state index in [1.165, 1.54) is 18.4 Å². The molecule has 0 N–H and O–H groups in total. The van der Waals surface area contributed by atoms with Crippen molar-refractivity contribution >= 4 is 25.6 Å². The molecule has 19 heavy (non-hydrogen) atoms. The van der Waals surface area contributed by atoms with E-state index in [-0.39, 0.29) is 17.6 Å². The first kappa shape index (κ1) is 14.9. The molecule has 0 bridgehead atoms. The predicted molar refractivity (Wildman–Crippen MR) is 75.5 cm³/mol. The number of carbonyl (C=O) groups excluding carboxylic acids is 1. The highest BCUT2D eigenvalue weighted by Crippen LogP contribution is 2.24. The third-order valence-electron chi connectivity index (χ3n) is 3.82. The Balaban J connectivity index is 1.81. The smallest absolute Gasteiger partial charge is 0.232 e. The maximum absolute atomic E-state index is 11.8. The maximum atomic E-state index is 11.8. The van der Waals surface area contributed by atoms with Gasteiger partial charge in [0, 0.05) is 36.1 Å². The molecule has 1 unspecified atom stereocenters. The lowest BCUT2D eigenvalue weighted by Crippen LogP contribution is -2.27. The molecule has 1 fully saturated rings. The van der Waals surface area contributed by atoms with Gasteiger partial charge < -0.3 is 4.90 Å². The van der Waals surface area contributed by atoms with Crippen molar-refractivity contribution in [3.05, 3.63) is 11.6 Å². The second kappa shape index (κ2) is 6.27. The summed E-state index contributed by atoms with van der Waals surface area (Å²) in [6.45, 7) is 1.24. The van der Waals surface area contributed by atoms with E-state index in [4.69, 9.17) is 10.7 Å². The number of rotatable bonds is 5. The monoisotopic (exact) mass is 305 g/mol. The Labute approximate surface area is 119 Å². The van der Waals surface area contributed by atoms with E-state index in [2.05, 4.69) is 6.08 Å². The van der Waals surface area contributed by atoms with Crippen molar-refractivity contribution in [1.29, 1.82) is 0 Å². The minimum atomic E-state index is -3.51. The van der Waals surface area contributed by atoms with Crippen molar-refractivity contribution in [3.63, 3.8) is 0 Å². The van der Waals surface area contributed by atoms with E-state index in [0.717, 1.165) is 19.3 Å². The Hall–Kier alpha value is -0.550. The van der Waals surface area contributed by atoms with Gasteiger partial charge in [-0.25, -0.2) is 8.42 Å². The molecule has 2 aliphatic rings. The number of allylic oxidation sites excluding steroid dienone is 1. The number of hydrogen-bond acceptors (Lipinski definition) is 3. The summed E-state index contributed by atoms with van der Waals surface area (Å²) in [5.74, 6) is -0.184. The lowest BCUT2D eigenvalue weighted by molar-refractivity contribution is -0.127. The standard InChI is InChI=1S/C13H20ClNO3S/c14-19(17,18)10-12-8-13(16)15(9-12)7-6-11-4-2-1-3-5-11/h4,12H,1-3,5-10H2. The largest absolute Gasteiger partial charge is 0.342 e. The van der Waals surface area contributed by atoms with Crippen LogP contribution >= 0.6 is 10.7 Å². The van der Waals surface area contributed by atoms with Crippen LogP contribution in [0.25, 0.3) is 0 Å². The van der Waals surface area contributed by atoms with Gasteiger partial charge in [0.25, 0.3) is 0 Å². The van der Waals surface area contributed by atoms with Crippen molar-refractivity contribution in [2.45, 2.75) is 38.5 Å². The zero-order valence-corrected chi connectivity index (χ0v) is 12.5. The highest BCUT2D eigenvalue weighted by molar-refractivity contribution is 8.13. The number of nitrogens with zero attached hydrogens (tertiary/aromatic N) is 1. The van der Waals surface area contributed by atoms with Gasteiger partial charge in [0.05, 0.1) is 5.75 Å². The third-order valence-corrected chi connectivity index (χ3v) is 5.06. The number of carbonyl (C=O) groups is 1. The summed E-state index contributed by atoms with van der Waals surface area (Å²) in [7, 11) is 1.73. The Kier molecular flexibility index (Phi) is 4.90. The van der Waals surface area contributed by atoms with Crippen molar-refractivity contribution in [3.8, 4) is 0 Å². The Morgan fingerprint density at radius 2 is 2.16 bits per heavy atom. The lowest BCUT2D eigenvalue weighted by atomic mass is 9.97. The molecule has 1 aliphatic carbocycles. The van der Waals surface area contributed by atoms with E-state index < -0.39 is 9.05 Å². The Morgan fingerprint density at radius 3 is 2.79 bits per heavy atom. The summed E-state index contributed by atoms with van der Waals surface area (Å²) in [5.41, 5.74) is 1.44. The van der Waals surface area contributed by atoms with Crippen molar-refractivity contribution in [1.82, 2.24) is 4.90 Å². The van der Waals surface area contributed by atoms with E-state index in [1.807, 2.05) is 0 Å². The average Bonchev–Trinajstić information content (AvgIpc) is 2.66. The van der Waals surface area contributed by atoms with Crippen LogP contribution in [0.3, 0.4) is 0 Å². The van der Waals surface area contributed by atoms with Crippen molar-refractivity contribution < 1.29 is 13.2 Å². The van der Waals surface area contributed by atoms with Gasteiger partial charge in [0.1, 0.15) is 0 Å². The number of hydrogen-bond donors (Lipinski definition) is 0. The van der Waals surface area contributed by atoms with Gasteiger partial charge in [-0.1, -0.05) is 11.6 Å². The van der Waals surface area contributed by atoms with Crippen LogP contribution in [0.4, 0.5) is 0 Å². The van der Waals surface area contributed by atoms with Gasteiger partial charge in [-0.05, 0) is 32.1 Å². The fourth-order valence-electron chi connectivity index (χ4n) is 2.87. The topological polar surface area (TPSA) is 54.5 Å². The van der Waals surface area contributed by atoms with Crippen molar-refractivity contribution in [2.75, 3.05) is 18.8 Å². The molecule has 1 atom stereocenters. The van der Waals surface area contributed by atoms with Gasteiger partial charge in [-0.3, -0.25) is 4.79 Å². The number of amides is 1. The van der Waals surface area contributed by atoms with Gasteiger partial charge in [0.15, 0.2) is 0 Å². The van der Waals surface area contributed by atoms with Crippen LogP contribution in [0, 0.1) is 5.92 Å². The second-order valence-corrected chi connectivity index (χ2v) is 8.30. The summed E-state index contributed by atoms with van der Waals surface area (Å²) in [6, 6.07) is 0. The van der Waals surface area contributed by atoms with Crippen LogP contribution in [-0.2, 0) is 13.8 Å². The quantitative estimate of drug-likeness (QED) is 0.578. The van der Waals surface area contributed by atoms with Crippen LogP contribution in [0.2, 0.25) is 0 Å². The fourth-order valence-corrected chi connectivity index (χ4v) is 4.19. The van der Waals surface area contributed by atoms with Crippen LogP contribution in [0.5, 0.6) is 0 Å². The normalized spacial score (nSPS) is 24.7. The minimum Gasteiger partial charge on any atom is -0.342 e. The summed E-state index contributed by atoms with van der Waals surface area (Å²) in [6.07, 6.45) is 8.31. The minimum absolute atomic E-state index is 0.0572. The van der Waals surface area contributed by atoms with Crippen molar-refractivity contribution in [2.24, 2.45) is 5.92 Å². The molecule has 0 aromatic heterocycles. The van der Waals surface area contributed by atoms with Crippen LogP contribution < -0.4 is 0 Å². The number of halogens is 1. The van der Waals surface area contributed by atoms with E-state index >= 15 is 0 Å². The summed E-state index contributed by atoms with van der Waals surface area (Å²) >= 11 is 0. The zero-order chi connectivity index (χ0) is 13.9. The maximum Gasteiger partial charge on any atom is 0.232 e. The highest BCUT2D eigenvalue weighted by Gasteiger charge is 2.31. The average molecular weight is 306 g/mol. The molecule has 0 spiro atoms. The summed E-state index contributed by atoms with van der Waals surface area (Å²) < 4.78 is 22.1. The van der Waals surface area contributed by atoms with Crippen LogP contribution in [0.1, 0.15) is 38.5 Å². The Bertz CT molecular complexity index is 472. The molecule has 1 saturated heterocycles. The molecule has 4 nitrogen and oxygen atoms in total. The van der Waals surface area contributed by atoms with Gasteiger partial charge in [0.2, 0.25) is 15.0 Å². The van der Waals surface area contributed by atoms with E-state index in [1.54, 1.807) is 4.90 Å². The first-order chi connectivity index (χ1) is 8.94. The Morgan fingerprint density at radius 1 is 1.37 bits per heavy atom. The highest BCUT2D eigenvalue weighted by atomic mass is 35.7. The lowest BCUT2D eigenvalue weighted by Gasteiger charge is -2.19. The third kappa shape index (κ3) is 4.80. The van der Waals surface area contributed by atoms with E-state index in [9.17, 15) is 13.2 Å². The summed E-state index contributed by atoms with van der Waals surface area (Å²) in [4.78, 5) is 13.6. The molecule has 1 heterocycles. The molecule has 0 aromatic carbocycles. The van der Waals surface area contributed by atoms with Crippen LogP contribution in [0.15, 0.2) is 11.6 Å². The molecule has 0 radical (unpaired) electrons. The summed E-state index contributed by atoms with van der Waals surface area (Å²) in [5, 5.41) is 0. The SMILES string of the molecule is O=C1CC(CS(=O)(=O)Cl)CN1CCC1=CCCCC1. The van der Waals surface area contributed by atoms with Gasteiger partial charge in [-0.2, -0.15) is 0 Å². The zero-order valence-electron chi connectivity index (χ0n) is 11.0. The molecular weight excluding hydrogens is 286 g/mol. The van der Waals surface area contributed by atoms with Gasteiger partial charge in [-0.15, -0.1) is 0 Å². The molecule has 2 rings (SSSR count). The molecule has 0 saturated carbocycles. The predicted octanol–water partition coefficient (Wildman–Crippen LogP) is 2.29. The molecule has 6 heteroatoms. The molecule has 0 aromatic rings. The van der Waals surface area contributed by atoms with E-state index in [0.29, 0.717) is 19.5 Å². The first-order valence-electron chi connectivity index (χ1n) is 6.82. The van der Waals surface area contributed by atoms with Gasteiger partial charge >= 0.3 is 0 Å². The molecule has 108 valence electrons. The first-order valence-corrected chi connectivity index (χ1v) is 9.30. The molecular formula is C13H20ClNO3S. The van der Waals surface area contributed by atoms with Crippen LogP contribution in [-0.4, -0.2) is 38.1 Å².